The zero-order valence-corrected chi connectivity index (χ0v) is 22.7. The van der Waals surface area contributed by atoms with E-state index < -0.39 is 12.7 Å². The van der Waals surface area contributed by atoms with Gasteiger partial charge in [-0.25, -0.2) is 4.98 Å². The molecule has 0 saturated carbocycles. The summed E-state index contributed by atoms with van der Waals surface area (Å²) in [5.74, 6) is 0. The van der Waals surface area contributed by atoms with Crippen molar-refractivity contribution in [2.24, 2.45) is 14.1 Å². The summed E-state index contributed by atoms with van der Waals surface area (Å²) in [5.41, 5.74) is 2.35. The van der Waals surface area contributed by atoms with Crippen LogP contribution in [0.3, 0.4) is 0 Å². The second kappa shape index (κ2) is 9.14. The molecule has 1 unspecified atom stereocenters. The molecule has 3 aromatic carbocycles. The molecular formula is C29H27ClN3O3P. The van der Waals surface area contributed by atoms with Crippen LogP contribution in [-0.2, 0) is 24.3 Å². The average Bonchev–Trinajstić information content (AvgIpc) is 3.31. The maximum atomic E-state index is 12.8. The lowest BCUT2D eigenvalue weighted by atomic mass is 9.82. The number of aryl methyl sites for hydroxylation is 2. The van der Waals surface area contributed by atoms with Crippen LogP contribution in [0.4, 0.5) is 0 Å². The van der Waals surface area contributed by atoms with Crippen LogP contribution in [0.1, 0.15) is 16.8 Å². The Balaban J connectivity index is 1.81. The van der Waals surface area contributed by atoms with E-state index >= 15 is 0 Å². The van der Waals surface area contributed by atoms with Gasteiger partial charge < -0.3 is 18.8 Å². The van der Waals surface area contributed by atoms with Gasteiger partial charge in [-0.05, 0) is 59.8 Å². The molecule has 0 bridgehead atoms. The van der Waals surface area contributed by atoms with E-state index in [1.165, 1.54) is 0 Å². The zero-order chi connectivity index (χ0) is 26.5. The lowest BCUT2D eigenvalue weighted by molar-refractivity contribution is 0.117. The second-order valence-electron chi connectivity index (χ2n) is 9.70. The van der Waals surface area contributed by atoms with Crippen molar-refractivity contribution in [3.8, 4) is 11.1 Å². The van der Waals surface area contributed by atoms with E-state index in [2.05, 4.69) is 4.98 Å². The largest absolute Gasteiger partial charge is 0.374 e. The van der Waals surface area contributed by atoms with E-state index in [9.17, 15) is 14.5 Å². The summed E-state index contributed by atoms with van der Waals surface area (Å²) in [7, 11) is 1.10. The highest BCUT2D eigenvalue weighted by Gasteiger charge is 2.37. The summed E-state index contributed by atoms with van der Waals surface area (Å²) in [6.07, 6.45) is 3.28. The van der Waals surface area contributed by atoms with Crippen molar-refractivity contribution < 1.29 is 9.67 Å². The van der Waals surface area contributed by atoms with E-state index in [1.54, 1.807) is 66.3 Å². The molecule has 2 aromatic heterocycles. The quantitative estimate of drug-likeness (QED) is 0.319. The number of pyridine rings is 1. The number of rotatable bonds is 5. The van der Waals surface area contributed by atoms with E-state index in [1.807, 2.05) is 55.6 Å². The van der Waals surface area contributed by atoms with Crippen molar-refractivity contribution in [2.45, 2.75) is 5.60 Å². The minimum Gasteiger partial charge on any atom is -0.374 e. The number of halogens is 1. The first-order valence-corrected chi connectivity index (χ1v) is 14.7. The highest BCUT2D eigenvalue weighted by Crippen LogP contribution is 2.40. The first kappa shape index (κ1) is 25.2. The smallest absolute Gasteiger partial charge is 0.251 e. The molecule has 1 N–H and O–H groups in total. The molecule has 6 nitrogen and oxygen atoms in total. The Hall–Kier alpha value is -3.44. The molecule has 5 rings (SSSR count). The van der Waals surface area contributed by atoms with E-state index in [4.69, 9.17) is 11.6 Å². The molecule has 37 heavy (non-hydrogen) atoms. The predicted octanol–water partition coefficient (Wildman–Crippen LogP) is 5.12. The fraction of sp³-hybridized carbons (Fsp3) is 0.172. The number of imidazole rings is 1. The fourth-order valence-corrected chi connectivity index (χ4v) is 5.87. The number of fused-ring (bicyclic) bond motifs is 1. The van der Waals surface area contributed by atoms with Gasteiger partial charge in [0.15, 0.2) is 5.60 Å². The molecule has 5 aromatic rings. The van der Waals surface area contributed by atoms with Crippen LogP contribution in [0.2, 0.25) is 5.02 Å². The summed E-state index contributed by atoms with van der Waals surface area (Å²) in [4.78, 5) is 17.1. The van der Waals surface area contributed by atoms with E-state index in [0.717, 1.165) is 27.3 Å². The van der Waals surface area contributed by atoms with Crippen molar-refractivity contribution in [1.29, 1.82) is 0 Å². The molecule has 1 atom stereocenters. The second-order valence-corrected chi connectivity index (χ2v) is 13.4. The van der Waals surface area contributed by atoms with Gasteiger partial charge in [-0.15, -0.1) is 0 Å². The molecule has 0 fully saturated rings. The Kier molecular flexibility index (Phi) is 6.23. The third-order valence-electron chi connectivity index (χ3n) is 6.89. The molecule has 2 heterocycles. The molecule has 0 aliphatic carbocycles. The minimum atomic E-state index is -2.46. The van der Waals surface area contributed by atoms with Gasteiger partial charge in [0.1, 0.15) is 7.14 Å². The van der Waals surface area contributed by atoms with Crippen LogP contribution < -0.4 is 10.9 Å². The van der Waals surface area contributed by atoms with Gasteiger partial charge in [-0.1, -0.05) is 54.1 Å². The number of nitrogens with zero attached hydrogens (tertiary/aromatic N) is 3. The molecule has 0 spiro atoms. The van der Waals surface area contributed by atoms with Crippen LogP contribution in [-0.4, -0.2) is 32.6 Å². The van der Waals surface area contributed by atoms with Gasteiger partial charge in [0.25, 0.3) is 5.56 Å². The average molecular weight is 532 g/mol. The van der Waals surface area contributed by atoms with E-state index in [0.29, 0.717) is 21.8 Å². The van der Waals surface area contributed by atoms with E-state index in [-0.39, 0.29) is 5.56 Å². The minimum absolute atomic E-state index is 0.142. The molecule has 0 aliphatic rings. The van der Waals surface area contributed by atoms with Gasteiger partial charge in [-0.3, -0.25) is 4.79 Å². The van der Waals surface area contributed by atoms with Crippen molar-refractivity contribution in [3.05, 3.63) is 118 Å². The number of hydrogen-bond acceptors (Lipinski definition) is 4. The topological polar surface area (TPSA) is 77.1 Å². The number of benzene rings is 3. The monoisotopic (exact) mass is 531 g/mol. The van der Waals surface area contributed by atoms with Crippen LogP contribution in [0.25, 0.3) is 22.0 Å². The van der Waals surface area contributed by atoms with Gasteiger partial charge in [0.2, 0.25) is 0 Å². The third kappa shape index (κ3) is 4.36. The van der Waals surface area contributed by atoms with Crippen LogP contribution >= 0.6 is 18.7 Å². The SMILES string of the molecule is Cn1cncc1C(O)(c1ccc(P(C)(C)=O)cc1)c1ccc2c(c1)c(-c1cccc(Cl)c1)cc(=O)n2C. The van der Waals surface area contributed by atoms with Gasteiger partial charge in [-0.2, -0.15) is 0 Å². The summed E-state index contributed by atoms with van der Waals surface area (Å²) in [5, 5.41) is 14.6. The first-order chi connectivity index (χ1) is 17.5. The van der Waals surface area contributed by atoms with Crippen molar-refractivity contribution >= 4 is 35.0 Å². The number of hydrogen-bond donors (Lipinski definition) is 1. The van der Waals surface area contributed by atoms with Crippen LogP contribution in [0.5, 0.6) is 0 Å². The molecule has 8 heteroatoms. The van der Waals surface area contributed by atoms with Crippen LogP contribution in [0, 0.1) is 0 Å². The van der Waals surface area contributed by atoms with Crippen molar-refractivity contribution in [2.75, 3.05) is 13.3 Å². The Morgan fingerprint density at radius 3 is 2.27 bits per heavy atom. The molecule has 0 amide bonds. The zero-order valence-electron chi connectivity index (χ0n) is 21.0. The molecule has 0 radical (unpaired) electrons. The standard InChI is InChI=1S/C29H27ClN3O3P/c1-32-18-31-17-27(32)29(35,20-8-11-23(12-9-20)37(3,4)36)21-10-13-26-25(15-21)24(16-28(34)33(26)2)19-6-5-7-22(30)14-19/h5-18,35H,1-4H3. The predicted molar refractivity (Wildman–Crippen MR) is 150 cm³/mol. The fourth-order valence-electron chi connectivity index (χ4n) is 4.81. The summed E-state index contributed by atoms with van der Waals surface area (Å²) >= 11 is 6.28. The summed E-state index contributed by atoms with van der Waals surface area (Å²) in [6, 6.07) is 21.8. The number of aliphatic hydroxyl groups is 1. The molecule has 0 saturated heterocycles. The lowest BCUT2D eigenvalue weighted by Crippen LogP contribution is -2.31. The van der Waals surface area contributed by atoms with Gasteiger partial charge in [0.05, 0.1) is 23.7 Å². The Labute approximate surface area is 220 Å². The van der Waals surface area contributed by atoms with Gasteiger partial charge >= 0.3 is 0 Å². The van der Waals surface area contributed by atoms with Crippen molar-refractivity contribution in [3.63, 3.8) is 0 Å². The molecular weight excluding hydrogens is 505 g/mol. The first-order valence-electron chi connectivity index (χ1n) is 11.8. The lowest BCUT2D eigenvalue weighted by Gasteiger charge is -2.30. The maximum Gasteiger partial charge on any atom is 0.251 e. The number of aromatic nitrogens is 3. The van der Waals surface area contributed by atoms with Gasteiger partial charge in [0, 0.05) is 35.9 Å². The molecule has 188 valence electrons. The van der Waals surface area contributed by atoms with Crippen molar-refractivity contribution in [1.82, 2.24) is 14.1 Å². The third-order valence-corrected chi connectivity index (χ3v) is 8.67. The molecule has 0 aliphatic heterocycles. The normalized spacial score (nSPS) is 13.6. The summed E-state index contributed by atoms with van der Waals surface area (Å²) in [6.45, 7) is 3.45. The Bertz CT molecular complexity index is 1750. The Morgan fingerprint density at radius 1 is 0.946 bits per heavy atom. The maximum absolute atomic E-state index is 12.8. The van der Waals surface area contributed by atoms with Crippen LogP contribution in [0.15, 0.2) is 90.1 Å². The Morgan fingerprint density at radius 2 is 1.65 bits per heavy atom. The summed E-state index contributed by atoms with van der Waals surface area (Å²) < 4.78 is 16.0. The highest BCUT2D eigenvalue weighted by atomic mass is 35.5. The highest BCUT2D eigenvalue weighted by molar-refractivity contribution is 7.70.